The number of nitrogens with zero attached hydrogens (tertiary/aromatic N) is 3. The Morgan fingerprint density at radius 3 is 2.44 bits per heavy atom. The molecule has 1 unspecified atom stereocenters. The lowest BCUT2D eigenvalue weighted by molar-refractivity contribution is -0.153. The second-order valence-corrected chi connectivity index (χ2v) is 11.3. The average molecular weight is 494 g/mol. The molecular formula is C28H35N3O5. The molecule has 2 saturated heterocycles. The molecule has 1 aromatic rings. The number of likely N-dealkylation sites (tertiary alicyclic amines) is 1. The van der Waals surface area contributed by atoms with Crippen molar-refractivity contribution in [2.24, 2.45) is 11.8 Å². The molecule has 8 heteroatoms. The predicted molar refractivity (Wildman–Crippen MR) is 133 cm³/mol. The maximum Gasteiger partial charge on any atom is 0.249 e. The minimum Gasteiger partial charge on any atom is -0.394 e. The van der Waals surface area contributed by atoms with E-state index in [2.05, 4.69) is 0 Å². The lowest BCUT2D eigenvalue weighted by Gasteiger charge is -2.41. The molecule has 0 saturated carbocycles. The number of hydrogen-bond donors (Lipinski definition) is 1. The van der Waals surface area contributed by atoms with Crippen LogP contribution in [0, 0.1) is 11.8 Å². The van der Waals surface area contributed by atoms with Crippen molar-refractivity contribution in [1.29, 1.82) is 0 Å². The summed E-state index contributed by atoms with van der Waals surface area (Å²) in [5, 5.41) is 10.0. The number of aliphatic hydroxyl groups excluding tert-OH is 1. The van der Waals surface area contributed by atoms with Crippen molar-refractivity contribution < 1.29 is 24.2 Å². The highest BCUT2D eigenvalue weighted by atomic mass is 16.5. The summed E-state index contributed by atoms with van der Waals surface area (Å²) in [4.78, 5) is 47.1. The molecule has 0 aliphatic carbocycles. The number of hydrogen-bond acceptors (Lipinski definition) is 5. The minimum atomic E-state index is -1.28. The molecule has 0 bridgehead atoms. The second-order valence-electron chi connectivity index (χ2n) is 11.3. The van der Waals surface area contributed by atoms with E-state index < -0.39 is 41.2 Å². The number of fused-ring (bicyclic) bond motifs is 2. The van der Waals surface area contributed by atoms with E-state index in [1.54, 1.807) is 16.7 Å². The highest BCUT2D eigenvalue weighted by Crippen LogP contribution is 2.54. The molecule has 1 spiro atoms. The quantitative estimate of drug-likeness (QED) is 0.646. The third kappa shape index (κ3) is 3.69. The third-order valence-electron chi connectivity index (χ3n) is 7.95. The largest absolute Gasteiger partial charge is 0.394 e. The summed E-state index contributed by atoms with van der Waals surface area (Å²) >= 11 is 0. The molecule has 4 aliphatic rings. The fourth-order valence-corrected chi connectivity index (χ4v) is 6.24. The Bertz CT molecular complexity index is 1110. The van der Waals surface area contributed by atoms with Crippen molar-refractivity contribution in [3.8, 4) is 0 Å². The van der Waals surface area contributed by atoms with Crippen LogP contribution in [0.2, 0.25) is 0 Å². The Labute approximate surface area is 212 Å². The summed E-state index contributed by atoms with van der Waals surface area (Å²) in [5.41, 5.74) is -0.751. The number of carbonyl (C=O) groups is 3. The molecule has 8 nitrogen and oxygen atoms in total. The number of amides is 3. The second kappa shape index (κ2) is 8.85. The highest BCUT2D eigenvalue weighted by Gasteiger charge is 2.72. The van der Waals surface area contributed by atoms with Gasteiger partial charge in [0.25, 0.3) is 0 Å². The molecule has 6 atom stereocenters. The first-order valence-corrected chi connectivity index (χ1v) is 12.7. The van der Waals surface area contributed by atoms with Gasteiger partial charge >= 0.3 is 0 Å². The summed E-state index contributed by atoms with van der Waals surface area (Å²) in [6.45, 7) is 8.53. The first-order chi connectivity index (χ1) is 17.1. The Kier molecular flexibility index (Phi) is 6.08. The average Bonchev–Trinajstić information content (AvgIpc) is 3.16. The van der Waals surface area contributed by atoms with Crippen molar-refractivity contribution in [2.45, 2.75) is 63.6 Å². The van der Waals surface area contributed by atoms with Gasteiger partial charge in [-0.15, -0.1) is 0 Å². The van der Waals surface area contributed by atoms with Crippen LogP contribution in [0.1, 0.15) is 33.3 Å². The van der Waals surface area contributed by atoms with Gasteiger partial charge in [-0.3, -0.25) is 14.4 Å². The summed E-state index contributed by atoms with van der Waals surface area (Å²) < 4.78 is 6.62. The van der Waals surface area contributed by atoms with E-state index in [4.69, 9.17) is 4.74 Å². The Hall–Kier alpha value is -2.97. The van der Waals surface area contributed by atoms with Gasteiger partial charge < -0.3 is 24.5 Å². The Morgan fingerprint density at radius 2 is 1.78 bits per heavy atom. The van der Waals surface area contributed by atoms with Gasteiger partial charge in [0.05, 0.1) is 30.6 Å². The van der Waals surface area contributed by atoms with Gasteiger partial charge in [0.1, 0.15) is 11.6 Å². The van der Waals surface area contributed by atoms with Crippen molar-refractivity contribution >= 4 is 17.7 Å². The maximum atomic E-state index is 14.1. The van der Waals surface area contributed by atoms with Crippen molar-refractivity contribution in [2.75, 3.05) is 19.7 Å². The van der Waals surface area contributed by atoms with Gasteiger partial charge in [-0.2, -0.15) is 0 Å². The summed E-state index contributed by atoms with van der Waals surface area (Å²) in [5.74, 6) is -2.30. The smallest absolute Gasteiger partial charge is 0.249 e. The number of rotatable bonds is 4. The number of ether oxygens (including phenoxy) is 1. The summed E-state index contributed by atoms with van der Waals surface area (Å²) in [6.07, 6.45) is 6.90. The number of aliphatic hydroxyl groups is 1. The molecule has 4 aliphatic heterocycles. The first-order valence-electron chi connectivity index (χ1n) is 12.7. The van der Waals surface area contributed by atoms with Crippen molar-refractivity contribution in [1.82, 2.24) is 14.7 Å². The lowest BCUT2D eigenvalue weighted by atomic mass is 9.77. The van der Waals surface area contributed by atoms with Crippen LogP contribution in [0.25, 0.3) is 0 Å². The topological polar surface area (TPSA) is 90.4 Å². The SMILES string of the molecule is C[C@H](CO)N1C(=O)[C@@H]2[C@@H]3C(=O)N(Cc4ccccc4)CC=C[C@@H]3O[C@@]23C=CCN(C(C)(C)C)C(=O)C13. The van der Waals surface area contributed by atoms with E-state index >= 15 is 0 Å². The molecule has 36 heavy (non-hydrogen) atoms. The zero-order valence-corrected chi connectivity index (χ0v) is 21.3. The van der Waals surface area contributed by atoms with Crippen LogP contribution in [-0.2, 0) is 25.7 Å². The third-order valence-corrected chi connectivity index (χ3v) is 7.95. The van der Waals surface area contributed by atoms with Gasteiger partial charge in [0.2, 0.25) is 17.7 Å². The summed E-state index contributed by atoms with van der Waals surface area (Å²) in [6, 6.07) is 8.20. The molecule has 4 heterocycles. The number of carbonyl (C=O) groups excluding carboxylic acids is 3. The minimum absolute atomic E-state index is 0.154. The maximum absolute atomic E-state index is 14.1. The van der Waals surface area contributed by atoms with Gasteiger partial charge in [-0.1, -0.05) is 54.6 Å². The Balaban J connectivity index is 1.58. The highest BCUT2D eigenvalue weighted by molar-refractivity contribution is 6.00. The number of benzene rings is 1. The molecule has 192 valence electrons. The van der Waals surface area contributed by atoms with E-state index in [0.29, 0.717) is 19.6 Å². The van der Waals surface area contributed by atoms with E-state index in [1.165, 1.54) is 4.90 Å². The standard InChI is InChI=1S/C28H35N3O5/c1-18(17-32)31-23-26(35)30(27(2,3)4)15-9-13-28(23)22(25(31)34)21-20(36-28)12-8-14-29(24(21)33)16-19-10-6-5-7-11-19/h5-13,18,20-23,32H,14-17H2,1-4H3/t18-,20+,21-,22+,23?,28+/m1/s1. The monoisotopic (exact) mass is 493 g/mol. The molecule has 1 N–H and O–H groups in total. The van der Waals surface area contributed by atoms with Crippen LogP contribution in [0.5, 0.6) is 0 Å². The molecular weight excluding hydrogens is 458 g/mol. The zero-order chi connectivity index (χ0) is 25.8. The normalized spacial score (nSPS) is 32.8. The van der Waals surface area contributed by atoms with Crippen LogP contribution < -0.4 is 0 Å². The fraction of sp³-hybridized carbons (Fsp3) is 0.536. The predicted octanol–water partition coefficient (Wildman–Crippen LogP) is 1.74. The van der Waals surface area contributed by atoms with Gasteiger partial charge in [0, 0.05) is 25.2 Å². The van der Waals surface area contributed by atoms with Gasteiger partial charge in [0.15, 0.2) is 0 Å². The molecule has 2 fully saturated rings. The van der Waals surface area contributed by atoms with Crippen LogP contribution in [0.4, 0.5) is 0 Å². The van der Waals surface area contributed by atoms with Gasteiger partial charge in [-0.25, -0.2) is 0 Å². The fourth-order valence-electron chi connectivity index (χ4n) is 6.24. The van der Waals surface area contributed by atoms with Crippen LogP contribution in [-0.4, -0.2) is 86.6 Å². The molecule has 1 aromatic carbocycles. The van der Waals surface area contributed by atoms with Crippen molar-refractivity contribution in [3.05, 3.63) is 60.2 Å². The summed E-state index contributed by atoms with van der Waals surface area (Å²) in [7, 11) is 0. The molecule has 0 radical (unpaired) electrons. The van der Waals surface area contributed by atoms with E-state index in [9.17, 15) is 19.5 Å². The van der Waals surface area contributed by atoms with E-state index in [0.717, 1.165) is 5.56 Å². The van der Waals surface area contributed by atoms with E-state index in [1.807, 2.05) is 75.4 Å². The van der Waals surface area contributed by atoms with Crippen LogP contribution >= 0.6 is 0 Å². The lowest BCUT2D eigenvalue weighted by Crippen LogP contribution is -2.60. The molecule has 0 aromatic heterocycles. The van der Waals surface area contributed by atoms with Crippen molar-refractivity contribution in [3.63, 3.8) is 0 Å². The van der Waals surface area contributed by atoms with Crippen LogP contribution in [0.15, 0.2) is 54.6 Å². The first kappa shape index (κ1) is 24.7. The zero-order valence-electron chi connectivity index (χ0n) is 21.3. The van der Waals surface area contributed by atoms with Crippen LogP contribution in [0.3, 0.4) is 0 Å². The van der Waals surface area contributed by atoms with E-state index in [-0.39, 0.29) is 24.3 Å². The molecule has 5 rings (SSSR count). The Morgan fingerprint density at radius 1 is 1.06 bits per heavy atom. The molecule has 3 amide bonds. The van der Waals surface area contributed by atoms with Gasteiger partial charge in [-0.05, 0) is 33.3 Å².